The van der Waals surface area contributed by atoms with Gasteiger partial charge >= 0.3 is 0 Å². The van der Waals surface area contributed by atoms with Gasteiger partial charge in [0.1, 0.15) is 11.8 Å². The van der Waals surface area contributed by atoms with Crippen LogP contribution < -0.4 is 9.64 Å². The maximum atomic E-state index is 14.6. The summed E-state index contributed by atoms with van der Waals surface area (Å²) in [5.41, 5.74) is 0.704. The van der Waals surface area contributed by atoms with Gasteiger partial charge in [-0.15, -0.1) is 24.9 Å². The van der Waals surface area contributed by atoms with Gasteiger partial charge < -0.3 is 24.5 Å². The van der Waals surface area contributed by atoms with E-state index >= 15 is 0 Å². The van der Waals surface area contributed by atoms with Gasteiger partial charge in [0.25, 0.3) is 5.91 Å². The minimum Gasteiger partial charge on any atom is -0.497 e. The van der Waals surface area contributed by atoms with Crippen LogP contribution in [0.1, 0.15) is 39.0 Å². The van der Waals surface area contributed by atoms with Crippen molar-refractivity contribution in [3.05, 3.63) is 49.6 Å². The number of hydrogen-bond acceptors (Lipinski definition) is 6. The lowest BCUT2D eigenvalue weighted by molar-refractivity contribution is -0.144. The molecule has 3 amide bonds. The Hall–Kier alpha value is -2.78. The van der Waals surface area contributed by atoms with Crippen molar-refractivity contribution in [2.45, 2.75) is 54.6 Å². The second-order valence-electron chi connectivity index (χ2n) is 11.0. The summed E-state index contributed by atoms with van der Waals surface area (Å²) in [7, 11) is 3.35. The van der Waals surface area contributed by atoms with Crippen molar-refractivity contribution >= 4 is 35.2 Å². The van der Waals surface area contributed by atoms with Gasteiger partial charge in [0.05, 0.1) is 23.7 Å². The lowest BCUT2D eigenvalue weighted by Crippen LogP contribution is -2.55. The van der Waals surface area contributed by atoms with Crippen LogP contribution in [0.5, 0.6) is 5.75 Å². The number of likely N-dealkylation sites (tertiary alicyclic amines) is 1. The molecule has 9 heteroatoms. The van der Waals surface area contributed by atoms with E-state index in [0.29, 0.717) is 50.3 Å². The van der Waals surface area contributed by atoms with Crippen LogP contribution in [0, 0.1) is 11.8 Å². The zero-order valence-electron chi connectivity index (χ0n) is 23.3. The highest BCUT2D eigenvalue weighted by molar-refractivity contribution is 8.02. The number of benzene rings is 1. The number of amides is 3. The van der Waals surface area contributed by atoms with Crippen molar-refractivity contribution in [3.8, 4) is 5.75 Å². The fourth-order valence-electron chi connectivity index (χ4n) is 6.77. The first-order valence-corrected chi connectivity index (χ1v) is 14.5. The van der Waals surface area contributed by atoms with Gasteiger partial charge in [-0.2, -0.15) is 0 Å². The monoisotopic (exact) mass is 555 g/mol. The molecule has 1 aromatic carbocycles. The first-order chi connectivity index (χ1) is 18.7. The summed E-state index contributed by atoms with van der Waals surface area (Å²) in [4.78, 5) is 47.7. The number of nitrogens with zero attached hydrogens (tertiary/aromatic N) is 3. The Morgan fingerprint density at radius 1 is 1.13 bits per heavy atom. The number of thioether (sulfide) groups is 1. The van der Waals surface area contributed by atoms with Gasteiger partial charge in [0.2, 0.25) is 11.8 Å². The van der Waals surface area contributed by atoms with E-state index in [4.69, 9.17) is 4.74 Å². The van der Waals surface area contributed by atoms with Gasteiger partial charge in [-0.05, 0) is 63.3 Å². The largest absolute Gasteiger partial charge is 0.497 e. The van der Waals surface area contributed by atoms with Crippen LogP contribution in [0.2, 0.25) is 0 Å². The quantitative estimate of drug-likeness (QED) is 0.296. The van der Waals surface area contributed by atoms with Crippen LogP contribution in [-0.4, -0.2) is 88.6 Å². The molecule has 3 heterocycles. The molecule has 3 aliphatic rings. The minimum atomic E-state index is -0.694. The third kappa shape index (κ3) is 4.99. The number of unbranched alkanes of at least 4 members (excludes halogenated alkanes) is 2. The summed E-state index contributed by atoms with van der Waals surface area (Å²) in [6.07, 6.45) is 6.93. The maximum absolute atomic E-state index is 14.6. The molecule has 0 radical (unpaired) electrons. The number of fused-ring (bicyclic) bond motifs is 1. The van der Waals surface area contributed by atoms with E-state index in [0.717, 1.165) is 12.8 Å². The van der Waals surface area contributed by atoms with Gasteiger partial charge in [0.15, 0.2) is 0 Å². The highest BCUT2D eigenvalue weighted by Gasteiger charge is 2.77. The molecule has 8 nitrogen and oxygen atoms in total. The predicted octanol–water partition coefficient (Wildman–Crippen LogP) is 3.50. The fraction of sp³-hybridized carbons (Fsp3) is 0.567. The van der Waals surface area contributed by atoms with Crippen LogP contribution in [0.4, 0.5) is 5.69 Å². The third-order valence-corrected chi connectivity index (χ3v) is 10.6. The van der Waals surface area contributed by atoms with Crippen LogP contribution >= 0.6 is 11.8 Å². The maximum Gasteiger partial charge on any atom is 0.251 e. The fourth-order valence-corrected chi connectivity index (χ4v) is 9.12. The molecule has 1 N–H and O–H groups in total. The number of aliphatic hydroxyl groups excluding tert-OH is 1. The Kier molecular flexibility index (Phi) is 8.81. The molecular weight excluding hydrogens is 514 g/mol. The molecule has 39 heavy (non-hydrogen) atoms. The average Bonchev–Trinajstić information content (AvgIpc) is 3.50. The number of hydrogen-bond donors (Lipinski definition) is 1. The van der Waals surface area contributed by atoms with Crippen molar-refractivity contribution in [2.24, 2.45) is 11.8 Å². The number of aliphatic hydroxyl groups is 1. The summed E-state index contributed by atoms with van der Waals surface area (Å²) in [5.74, 6) is -0.687. The van der Waals surface area contributed by atoms with Crippen LogP contribution in [-0.2, 0) is 14.4 Å². The van der Waals surface area contributed by atoms with E-state index in [1.807, 2.05) is 24.3 Å². The number of carbonyl (C=O) groups excluding carboxylic acids is 3. The summed E-state index contributed by atoms with van der Waals surface area (Å²) in [5, 5.41) is 9.27. The smallest absolute Gasteiger partial charge is 0.251 e. The summed E-state index contributed by atoms with van der Waals surface area (Å²) in [6.45, 7) is 10.9. The van der Waals surface area contributed by atoms with Crippen molar-refractivity contribution in [3.63, 3.8) is 0 Å². The second-order valence-corrected chi connectivity index (χ2v) is 12.9. The van der Waals surface area contributed by atoms with Gasteiger partial charge in [0, 0.05) is 43.7 Å². The summed E-state index contributed by atoms with van der Waals surface area (Å²) < 4.78 is 4.20. The van der Waals surface area contributed by atoms with Gasteiger partial charge in [-0.1, -0.05) is 12.2 Å². The second kappa shape index (κ2) is 11.8. The Morgan fingerprint density at radius 3 is 2.44 bits per heavy atom. The Labute approximate surface area is 236 Å². The van der Waals surface area contributed by atoms with E-state index in [-0.39, 0.29) is 24.3 Å². The molecule has 1 aromatic rings. The van der Waals surface area contributed by atoms with E-state index in [2.05, 4.69) is 20.1 Å². The first-order valence-electron chi connectivity index (χ1n) is 13.7. The van der Waals surface area contributed by atoms with E-state index < -0.39 is 27.4 Å². The normalized spacial score (nSPS) is 28.8. The molecule has 0 aromatic heterocycles. The summed E-state index contributed by atoms with van der Waals surface area (Å²) in [6, 6.07) is 6.62. The number of anilines is 1. The SMILES string of the molecule is C=CCN(C)C(=O)[C@H]1[C@H]2C(=O)N(CCCCCO)C(C(=O)N(CC=C)c3ccc(OC)cc3)C23CC[C@]1(C)S3. The highest BCUT2D eigenvalue weighted by Crippen LogP contribution is 2.71. The molecule has 2 unspecified atom stereocenters. The molecule has 0 aliphatic carbocycles. The standard InChI is InChI=1S/C30H41N3O5S/c1-6-17-31(4)26(35)23-24-27(36)33(19-9-8-10-20-34)25(30(24)16-15-29(23,3)39-30)28(37)32(18-7-2)21-11-13-22(38-5)14-12-21/h6-7,11-14,23-25,34H,1-2,8-10,15-20H2,3-5H3/t23-,24+,25?,29+,30?/m1/s1. The molecule has 3 fully saturated rings. The number of likely N-dealkylation sites (N-methyl/N-ethyl adjacent to an activating group) is 1. The van der Waals surface area contributed by atoms with Crippen molar-refractivity contribution in [2.75, 3.05) is 45.3 Å². The lowest BCUT2D eigenvalue weighted by atomic mass is 9.66. The Morgan fingerprint density at radius 2 is 1.82 bits per heavy atom. The third-order valence-electron chi connectivity index (χ3n) is 8.57. The molecular formula is C30H41N3O5S. The molecule has 2 bridgehead atoms. The van der Waals surface area contributed by atoms with Crippen LogP contribution in [0.3, 0.4) is 0 Å². The van der Waals surface area contributed by atoms with Crippen LogP contribution in [0.15, 0.2) is 49.6 Å². The number of rotatable bonds is 13. The molecule has 5 atom stereocenters. The number of ether oxygens (including phenoxy) is 1. The zero-order chi connectivity index (χ0) is 28.4. The van der Waals surface area contributed by atoms with Gasteiger partial charge in [-0.25, -0.2) is 0 Å². The molecule has 3 saturated heterocycles. The summed E-state index contributed by atoms with van der Waals surface area (Å²) >= 11 is 1.68. The predicted molar refractivity (Wildman–Crippen MR) is 155 cm³/mol. The van der Waals surface area contributed by atoms with E-state index in [1.165, 1.54) is 0 Å². The topological polar surface area (TPSA) is 90.4 Å². The lowest BCUT2D eigenvalue weighted by Gasteiger charge is -2.37. The number of methoxy groups -OCH3 is 1. The molecule has 4 rings (SSSR count). The highest BCUT2D eigenvalue weighted by atomic mass is 32.2. The first kappa shape index (κ1) is 29.2. The molecule has 1 spiro atoms. The zero-order valence-corrected chi connectivity index (χ0v) is 24.1. The van der Waals surface area contributed by atoms with Crippen LogP contribution in [0.25, 0.3) is 0 Å². The Balaban J connectivity index is 1.76. The van der Waals surface area contributed by atoms with E-state index in [1.54, 1.807) is 52.8 Å². The van der Waals surface area contributed by atoms with Crippen molar-refractivity contribution in [1.82, 2.24) is 9.80 Å². The van der Waals surface area contributed by atoms with E-state index in [9.17, 15) is 19.5 Å². The average molecular weight is 556 g/mol. The molecule has 3 aliphatic heterocycles. The molecule has 0 saturated carbocycles. The Bertz CT molecular complexity index is 1110. The van der Waals surface area contributed by atoms with Crippen molar-refractivity contribution in [1.29, 1.82) is 0 Å². The van der Waals surface area contributed by atoms with Crippen molar-refractivity contribution < 1.29 is 24.2 Å². The van der Waals surface area contributed by atoms with Gasteiger partial charge in [-0.3, -0.25) is 14.4 Å². The molecule has 212 valence electrons. The minimum absolute atomic E-state index is 0.0590. The number of carbonyl (C=O) groups is 3.